The molecule has 1 N–H and O–H groups in total. The minimum absolute atomic E-state index is 0.0200. The van der Waals surface area contributed by atoms with Crippen LogP contribution in [0.25, 0.3) is 0 Å². The molecule has 9 nitrogen and oxygen atoms in total. The van der Waals surface area contributed by atoms with Gasteiger partial charge in [-0.25, -0.2) is 0 Å². The smallest absolute Gasteiger partial charge is 0.251 e. The van der Waals surface area contributed by atoms with Crippen LogP contribution < -0.4 is 5.32 Å². The maximum absolute atomic E-state index is 13.7. The number of ketones is 1. The molecule has 3 fully saturated rings. The van der Waals surface area contributed by atoms with Crippen molar-refractivity contribution in [3.05, 3.63) is 35.4 Å². The molecular weight excluding hydrogens is 486 g/mol. The van der Waals surface area contributed by atoms with Gasteiger partial charge in [-0.1, -0.05) is 32.9 Å². The lowest BCUT2D eigenvalue weighted by molar-refractivity contribution is -0.138. The molecule has 1 aromatic carbocycles. The minimum Gasteiger partial charge on any atom is -0.383 e. The second-order valence-electron chi connectivity index (χ2n) is 12.0. The van der Waals surface area contributed by atoms with Gasteiger partial charge in [-0.05, 0) is 61.4 Å². The molecule has 9 heteroatoms. The Labute approximate surface area is 226 Å². The molecule has 4 atom stereocenters. The van der Waals surface area contributed by atoms with Crippen molar-refractivity contribution in [3.8, 4) is 0 Å². The molecule has 38 heavy (non-hydrogen) atoms. The number of fused-ring (bicyclic) bond motifs is 1. The summed E-state index contributed by atoms with van der Waals surface area (Å²) in [7, 11) is 3.29. The third kappa shape index (κ3) is 6.62. The van der Waals surface area contributed by atoms with Crippen LogP contribution in [-0.2, 0) is 23.8 Å². The van der Waals surface area contributed by atoms with E-state index in [-0.39, 0.29) is 42.3 Å². The highest BCUT2D eigenvalue weighted by molar-refractivity contribution is 5.99. The van der Waals surface area contributed by atoms with Crippen LogP contribution >= 0.6 is 0 Å². The lowest BCUT2D eigenvalue weighted by Crippen LogP contribution is -2.53. The predicted molar refractivity (Wildman–Crippen MR) is 143 cm³/mol. The van der Waals surface area contributed by atoms with Crippen LogP contribution in [0.2, 0.25) is 0 Å². The standard InChI is InChI=1S/C29H43N3O6/c1-29(2,3)16-22(28(35)32-17-24(37-5)26-25(32)23(33)18-38-26)30-27(34)21-8-6-19(7-9-21)20-10-12-31(13-11-20)14-15-36-4/h6-9,20,22,24-26H,10-18H2,1-5H3,(H,30,34)/t22?,24-,25+,26+/m0/s1. The second kappa shape index (κ2) is 12.2. The first-order valence-electron chi connectivity index (χ1n) is 13.7. The van der Waals surface area contributed by atoms with E-state index in [1.54, 1.807) is 19.1 Å². The van der Waals surface area contributed by atoms with E-state index in [0.717, 1.165) is 39.1 Å². The molecule has 3 saturated heterocycles. The van der Waals surface area contributed by atoms with Gasteiger partial charge in [0.15, 0.2) is 5.78 Å². The second-order valence-corrected chi connectivity index (χ2v) is 12.0. The number of amides is 2. The summed E-state index contributed by atoms with van der Waals surface area (Å²) in [6, 6.07) is 6.35. The number of hydrogen-bond donors (Lipinski definition) is 1. The van der Waals surface area contributed by atoms with Gasteiger partial charge in [0.2, 0.25) is 5.91 Å². The monoisotopic (exact) mass is 529 g/mol. The van der Waals surface area contributed by atoms with Crippen LogP contribution in [0.1, 0.15) is 61.9 Å². The van der Waals surface area contributed by atoms with Gasteiger partial charge in [0.05, 0.1) is 13.2 Å². The third-order valence-electron chi connectivity index (χ3n) is 7.99. The maximum Gasteiger partial charge on any atom is 0.251 e. The summed E-state index contributed by atoms with van der Waals surface area (Å²) in [6.07, 6.45) is 1.79. The average molecular weight is 530 g/mol. The van der Waals surface area contributed by atoms with Gasteiger partial charge >= 0.3 is 0 Å². The van der Waals surface area contributed by atoms with E-state index in [4.69, 9.17) is 14.2 Å². The Balaban J connectivity index is 1.42. The third-order valence-corrected chi connectivity index (χ3v) is 7.99. The van der Waals surface area contributed by atoms with Crippen LogP contribution in [0, 0.1) is 5.41 Å². The Kier molecular flexibility index (Phi) is 9.23. The first-order chi connectivity index (χ1) is 18.1. The lowest BCUT2D eigenvalue weighted by atomic mass is 9.87. The number of Topliss-reactive ketones (excluding diaryl/α,β-unsaturated/α-hetero) is 1. The summed E-state index contributed by atoms with van der Waals surface area (Å²) in [5.41, 5.74) is 1.54. The topological polar surface area (TPSA) is 97.4 Å². The summed E-state index contributed by atoms with van der Waals surface area (Å²) in [5.74, 6) is -0.201. The normalized spacial score (nSPS) is 25.4. The van der Waals surface area contributed by atoms with E-state index in [9.17, 15) is 14.4 Å². The zero-order chi connectivity index (χ0) is 27.4. The van der Waals surface area contributed by atoms with Crippen molar-refractivity contribution in [2.75, 3.05) is 53.6 Å². The largest absolute Gasteiger partial charge is 0.383 e. The average Bonchev–Trinajstić information content (AvgIpc) is 3.46. The molecule has 1 aromatic rings. The van der Waals surface area contributed by atoms with E-state index in [1.165, 1.54) is 5.56 Å². The van der Waals surface area contributed by atoms with E-state index >= 15 is 0 Å². The highest BCUT2D eigenvalue weighted by Gasteiger charge is 2.53. The Bertz CT molecular complexity index is 983. The van der Waals surface area contributed by atoms with Gasteiger partial charge in [0.25, 0.3) is 5.91 Å². The number of nitrogens with zero attached hydrogens (tertiary/aromatic N) is 2. The van der Waals surface area contributed by atoms with Gasteiger partial charge in [-0.2, -0.15) is 0 Å². The van der Waals surface area contributed by atoms with Crippen molar-refractivity contribution in [3.63, 3.8) is 0 Å². The number of ether oxygens (including phenoxy) is 3. The molecule has 2 amide bonds. The Morgan fingerprint density at radius 1 is 1.13 bits per heavy atom. The molecule has 0 bridgehead atoms. The summed E-state index contributed by atoms with van der Waals surface area (Å²) in [6.45, 7) is 10.1. The quantitative estimate of drug-likeness (QED) is 0.524. The van der Waals surface area contributed by atoms with Gasteiger partial charge in [0, 0.05) is 26.3 Å². The maximum atomic E-state index is 13.7. The molecule has 4 rings (SSSR count). The van der Waals surface area contributed by atoms with Crippen LogP contribution in [0.4, 0.5) is 0 Å². The summed E-state index contributed by atoms with van der Waals surface area (Å²) in [4.78, 5) is 43.5. The molecule has 0 spiro atoms. The SMILES string of the molecule is COCCN1CCC(c2ccc(C(=O)NC(CC(C)(C)C)C(=O)N3C[C@H](OC)[C@H]4OCC(=O)[C@H]43)cc2)CC1. The van der Waals surface area contributed by atoms with Crippen molar-refractivity contribution in [2.45, 2.75) is 70.2 Å². The van der Waals surface area contributed by atoms with Crippen LogP contribution in [-0.4, -0.2) is 105 Å². The van der Waals surface area contributed by atoms with Crippen LogP contribution in [0.5, 0.6) is 0 Å². The highest BCUT2D eigenvalue weighted by atomic mass is 16.5. The Morgan fingerprint density at radius 2 is 1.82 bits per heavy atom. The number of methoxy groups -OCH3 is 2. The summed E-state index contributed by atoms with van der Waals surface area (Å²) in [5, 5.41) is 2.98. The van der Waals surface area contributed by atoms with E-state index in [1.807, 2.05) is 45.0 Å². The molecular formula is C29H43N3O6. The van der Waals surface area contributed by atoms with Crippen molar-refractivity contribution in [1.29, 1.82) is 0 Å². The molecule has 0 aliphatic carbocycles. The Hall–Kier alpha value is -2.33. The number of rotatable bonds is 9. The minimum atomic E-state index is -0.761. The first kappa shape index (κ1) is 28.7. The number of carbonyl (C=O) groups is 3. The molecule has 0 saturated carbocycles. The van der Waals surface area contributed by atoms with Gasteiger partial charge in [-0.15, -0.1) is 0 Å². The van der Waals surface area contributed by atoms with Gasteiger partial charge in [0.1, 0.15) is 30.9 Å². The number of likely N-dealkylation sites (tertiary alicyclic amines) is 2. The van der Waals surface area contributed by atoms with Crippen molar-refractivity contribution in [2.24, 2.45) is 5.41 Å². The highest BCUT2D eigenvalue weighted by Crippen LogP contribution is 2.32. The number of carbonyl (C=O) groups excluding carboxylic acids is 3. The number of hydrogen-bond acceptors (Lipinski definition) is 7. The van der Waals surface area contributed by atoms with E-state index in [0.29, 0.717) is 17.9 Å². The van der Waals surface area contributed by atoms with E-state index < -0.39 is 18.2 Å². The summed E-state index contributed by atoms with van der Waals surface area (Å²) >= 11 is 0. The molecule has 3 aliphatic heterocycles. The van der Waals surface area contributed by atoms with Gasteiger partial charge in [-0.3, -0.25) is 14.4 Å². The van der Waals surface area contributed by atoms with Crippen molar-refractivity contribution < 1.29 is 28.6 Å². The fourth-order valence-electron chi connectivity index (χ4n) is 5.92. The zero-order valence-electron chi connectivity index (χ0n) is 23.4. The molecule has 1 unspecified atom stereocenters. The predicted octanol–water partition coefficient (Wildman–Crippen LogP) is 2.24. The van der Waals surface area contributed by atoms with Crippen molar-refractivity contribution >= 4 is 17.6 Å². The summed E-state index contributed by atoms with van der Waals surface area (Å²) < 4.78 is 16.3. The number of benzene rings is 1. The molecule has 0 radical (unpaired) electrons. The molecule has 3 aliphatic rings. The van der Waals surface area contributed by atoms with E-state index in [2.05, 4.69) is 10.2 Å². The number of piperidine rings is 1. The molecule has 0 aromatic heterocycles. The molecule has 210 valence electrons. The van der Waals surface area contributed by atoms with Crippen molar-refractivity contribution in [1.82, 2.24) is 15.1 Å². The molecule has 3 heterocycles. The number of nitrogens with one attached hydrogen (secondary N) is 1. The Morgan fingerprint density at radius 3 is 2.42 bits per heavy atom. The lowest BCUT2D eigenvalue weighted by Gasteiger charge is -2.32. The fourth-order valence-corrected chi connectivity index (χ4v) is 5.92. The van der Waals surface area contributed by atoms with Gasteiger partial charge < -0.3 is 29.3 Å². The zero-order valence-corrected chi connectivity index (χ0v) is 23.4. The van der Waals surface area contributed by atoms with Crippen LogP contribution in [0.15, 0.2) is 24.3 Å². The first-order valence-corrected chi connectivity index (χ1v) is 13.7. The fraction of sp³-hybridized carbons (Fsp3) is 0.690. The van der Waals surface area contributed by atoms with Crippen LogP contribution in [0.3, 0.4) is 0 Å².